The highest BCUT2D eigenvalue weighted by Crippen LogP contribution is 2.24. The summed E-state index contributed by atoms with van der Waals surface area (Å²) < 4.78 is 5.07. The van der Waals surface area contributed by atoms with Crippen LogP contribution in [0.25, 0.3) is 0 Å². The van der Waals surface area contributed by atoms with E-state index in [1.54, 1.807) is 14.0 Å². The van der Waals surface area contributed by atoms with Crippen molar-refractivity contribution in [2.45, 2.75) is 31.5 Å². The fraction of sp³-hybridized carbons (Fsp3) is 0.875. The first-order valence-corrected chi connectivity index (χ1v) is 4.40. The Labute approximate surface area is 81.5 Å². The molecule has 5 atom stereocenters. The largest absolute Gasteiger partial charge is 0.479 e. The Morgan fingerprint density at radius 1 is 1.36 bits per heavy atom. The highest BCUT2D eigenvalue weighted by Gasteiger charge is 2.44. The summed E-state index contributed by atoms with van der Waals surface area (Å²) in [6.45, 7) is 1.67. The van der Waals surface area contributed by atoms with Crippen molar-refractivity contribution in [3.8, 4) is 0 Å². The van der Waals surface area contributed by atoms with Gasteiger partial charge in [-0.15, -0.1) is 0 Å². The Hall–Kier alpha value is -0.690. The first-order valence-electron chi connectivity index (χ1n) is 4.40. The van der Waals surface area contributed by atoms with Crippen molar-refractivity contribution >= 4 is 5.97 Å². The molecule has 0 aromatic carbocycles. The lowest BCUT2D eigenvalue weighted by atomic mass is 9.91. The highest BCUT2D eigenvalue weighted by molar-refractivity contribution is 5.73. The number of ether oxygens (including phenoxy) is 1. The van der Waals surface area contributed by atoms with Gasteiger partial charge in [-0.2, -0.15) is 0 Å². The Balaban J connectivity index is 2.78. The van der Waals surface area contributed by atoms with E-state index in [9.17, 15) is 15.0 Å². The maximum absolute atomic E-state index is 10.7. The molecule has 14 heavy (non-hydrogen) atoms. The van der Waals surface area contributed by atoms with E-state index in [0.717, 1.165) is 0 Å². The van der Waals surface area contributed by atoms with Crippen LogP contribution in [0.1, 0.15) is 6.92 Å². The van der Waals surface area contributed by atoms with Crippen molar-refractivity contribution in [2.75, 3.05) is 7.05 Å². The van der Waals surface area contributed by atoms with Gasteiger partial charge in [-0.05, 0) is 7.05 Å². The second kappa shape index (κ2) is 4.22. The van der Waals surface area contributed by atoms with E-state index in [1.807, 2.05) is 0 Å². The molecule has 1 aliphatic heterocycles. The minimum Gasteiger partial charge on any atom is -0.479 e. The van der Waals surface area contributed by atoms with E-state index in [-0.39, 0.29) is 5.92 Å². The van der Waals surface area contributed by atoms with Crippen molar-refractivity contribution < 1.29 is 24.9 Å². The molecule has 82 valence electrons. The fourth-order valence-electron chi connectivity index (χ4n) is 1.57. The molecule has 0 aliphatic carbocycles. The summed E-state index contributed by atoms with van der Waals surface area (Å²) in [5.74, 6) is -1.63. The number of carbonyl (C=O) groups is 1. The van der Waals surface area contributed by atoms with Gasteiger partial charge in [0.25, 0.3) is 0 Å². The van der Waals surface area contributed by atoms with Crippen LogP contribution in [0.15, 0.2) is 0 Å². The standard InChI is InChI=1S/C8H15NO5/c1-3-4(10)5(11)6(8(12)13)14-7(3)9-2/h3-7,9-11H,1-2H3,(H,12,13). The Morgan fingerprint density at radius 2 is 1.93 bits per heavy atom. The zero-order chi connectivity index (χ0) is 10.9. The summed E-state index contributed by atoms with van der Waals surface area (Å²) in [6, 6.07) is 0. The molecule has 0 saturated carbocycles. The molecule has 0 aromatic rings. The van der Waals surface area contributed by atoms with Gasteiger partial charge in [-0.25, -0.2) is 4.79 Å². The van der Waals surface area contributed by atoms with Crippen LogP contribution in [-0.4, -0.2) is 52.9 Å². The molecular weight excluding hydrogens is 190 g/mol. The van der Waals surface area contributed by atoms with Gasteiger partial charge in [0.1, 0.15) is 12.3 Å². The lowest BCUT2D eigenvalue weighted by Gasteiger charge is -2.39. The van der Waals surface area contributed by atoms with Crippen LogP contribution < -0.4 is 5.32 Å². The second-order valence-corrected chi connectivity index (χ2v) is 3.44. The molecule has 0 bridgehead atoms. The highest BCUT2D eigenvalue weighted by atomic mass is 16.6. The van der Waals surface area contributed by atoms with Crippen LogP contribution in [-0.2, 0) is 9.53 Å². The van der Waals surface area contributed by atoms with E-state index in [0.29, 0.717) is 0 Å². The van der Waals surface area contributed by atoms with E-state index >= 15 is 0 Å². The summed E-state index contributed by atoms with van der Waals surface area (Å²) >= 11 is 0. The summed E-state index contributed by atoms with van der Waals surface area (Å²) in [6.07, 6.45) is -4.41. The fourth-order valence-corrected chi connectivity index (χ4v) is 1.57. The molecule has 6 nitrogen and oxygen atoms in total. The molecule has 5 unspecified atom stereocenters. The molecule has 1 heterocycles. The average Bonchev–Trinajstić information content (AvgIpc) is 2.14. The van der Waals surface area contributed by atoms with E-state index in [2.05, 4.69) is 5.32 Å². The summed E-state index contributed by atoms with van der Waals surface area (Å²) in [4.78, 5) is 10.7. The summed E-state index contributed by atoms with van der Waals surface area (Å²) in [7, 11) is 1.60. The number of aliphatic hydroxyl groups excluding tert-OH is 2. The summed E-state index contributed by atoms with van der Waals surface area (Å²) in [5, 5.41) is 30.4. The van der Waals surface area contributed by atoms with Crippen LogP contribution in [0.4, 0.5) is 0 Å². The Morgan fingerprint density at radius 3 is 2.36 bits per heavy atom. The van der Waals surface area contributed by atoms with Crippen LogP contribution in [0.3, 0.4) is 0 Å². The zero-order valence-corrected chi connectivity index (χ0v) is 8.04. The number of aliphatic hydroxyl groups is 2. The predicted molar refractivity (Wildman–Crippen MR) is 46.5 cm³/mol. The third-order valence-corrected chi connectivity index (χ3v) is 2.50. The third kappa shape index (κ3) is 1.88. The molecule has 0 spiro atoms. The second-order valence-electron chi connectivity index (χ2n) is 3.44. The van der Waals surface area contributed by atoms with Gasteiger partial charge in [0.15, 0.2) is 6.10 Å². The number of hydrogen-bond donors (Lipinski definition) is 4. The molecule has 0 radical (unpaired) electrons. The first kappa shape index (κ1) is 11.4. The minimum absolute atomic E-state index is 0.356. The van der Waals surface area contributed by atoms with Crippen LogP contribution in [0.2, 0.25) is 0 Å². The quantitative estimate of drug-likeness (QED) is 0.432. The number of carboxylic acids is 1. The number of hydrogen-bond acceptors (Lipinski definition) is 5. The van der Waals surface area contributed by atoms with Crippen molar-refractivity contribution in [3.05, 3.63) is 0 Å². The van der Waals surface area contributed by atoms with Crippen molar-refractivity contribution in [1.29, 1.82) is 0 Å². The monoisotopic (exact) mass is 205 g/mol. The van der Waals surface area contributed by atoms with Gasteiger partial charge >= 0.3 is 5.97 Å². The number of rotatable bonds is 2. The van der Waals surface area contributed by atoms with Crippen LogP contribution >= 0.6 is 0 Å². The third-order valence-electron chi connectivity index (χ3n) is 2.50. The van der Waals surface area contributed by atoms with Gasteiger partial charge in [0, 0.05) is 5.92 Å². The lowest BCUT2D eigenvalue weighted by molar-refractivity contribution is -0.214. The van der Waals surface area contributed by atoms with Crippen molar-refractivity contribution in [3.63, 3.8) is 0 Å². The van der Waals surface area contributed by atoms with Crippen molar-refractivity contribution in [2.24, 2.45) is 5.92 Å². The maximum atomic E-state index is 10.7. The molecule has 0 amide bonds. The molecule has 1 aliphatic rings. The molecule has 4 N–H and O–H groups in total. The smallest absolute Gasteiger partial charge is 0.335 e. The van der Waals surface area contributed by atoms with Crippen LogP contribution in [0.5, 0.6) is 0 Å². The normalized spacial score (nSPS) is 43.6. The zero-order valence-electron chi connectivity index (χ0n) is 8.04. The predicted octanol–water partition coefficient (Wildman–Crippen LogP) is -1.63. The Bertz CT molecular complexity index is 220. The molecule has 0 aromatic heterocycles. The molecule has 1 rings (SSSR count). The van der Waals surface area contributed by atoms with Crippen LogP contribution in [0, 0.1) is 5.92 Å². The van der Waals surface area contributed by atoms with Gasteiger partial charge in [0.05, 0.1) is 6.10 Å². The number of carboxylic acid groups (broad SMARTS) is 1. The lowest BCUT2D eigenvalue weighted by Crippen LogP contribution is -2.59. The molecule has 1 fully saturated rings. The van der Waals surface area contributed by atoms with E-state index < -0.39 is 30.5 Å². The maximum Gasteiger partial charge on any atom is 0.335 e. The van der Waals surface area contributed by atoms with Gasteiger partial charge < -0.3 is 20.1 Å². The topological polar surface area (TPSA) is 99.0 Å². The van der Waals surface area contributed by atoms with Gasteiger partial charge in [0.2, 0.25) is 0 Å². The minimum atomic E-state index is -1.38. The summed E-state index contributed by atoms with van der Waals surface area (Å²) in [5.41, 5.74) is 0. The molecule has 1 saturated heterocycles. The van der Waals surface area contributed by atoms with Crippen molar-refractivity contribution in [1.82, 2.24) is 5.32 Å². The number of aliphatic carboxylic acids is 1. The average molecular weight is 205 g/mol. The van der Waals surface area contributed by atoms with E-state index in [4.69, 9.17) is 9.84 Å². The van der Waals surface area contributed by atoms with Gasteiger partial charge in [-0.1, -0.05) is 6.92 Å². The molecular formula is C8H15NO5. The van der Waals surface area contributed by atoms with Gasteiger partial charge in [-0.3, -0.25) is 5.32 Å². The SMILES string of the molecule is CNC1OC(C(=O)O)C(O)C(O)C1C. The first-order chi connectivity index (χ1) is 6.49. The van der Waals surface area contributed by atoms with E-state index in [1.165, 1.54) is 0 Å². The Kier molecular flexibility index (Phi) is 3.43. The molecule has 6 heteroatoms. The number of nitrogens with one attached hydrogen (secondary N) is 1.